The molecule has 1 aliphatic rings. The first kappa shape index (κ1) is 18.9. The van der Waals surface area contributed by atoms with E-state index < -0.39 is 0 Å². The lowest BCUT2D eigenvalue weighted by Crippen LogP contribution is -2.13. The standard InChI is InChI=1S/C24H16N2O2S2/c27-22(26-19-12-6-4-10-17(19)18-11-5-7-13-20(18)26)15-29-24-25-23(28)21(30-24)14-16-8-2-1-3-9-16/h1-14H,15H2. The van der Waals surface area contributed by atoms with Crippen LogP contribution in [0.5, 0.6) is 0 Å². The van der Waals surface area contributed by atoms with E-state index in [4.69, 9.17) is 0 Å². The molecule has 1 aromatic heterocycles. The van der Waals surface area contributed by atoms with Gasteiger partial charge in [-0.05, 0) is 23.8 Å². The third kappa shape index (κ3) is 3.49. The predicted molar refractivity (Wildman–Crippen MR) is 127 cm³/mol. The van der Waals surface area contributed by atoms with Crippen LogP contribution in [0.2, 0.25) is 0 Å². The quantitative estimate of drug-likeness (QED) is 0.385. The molecule has 0 saturated carbocycles. The molecule has 0 radical (unpaired) electrons. The normalized spacial score (nSPS) is 15.3. The van der Waals surface area contributed by atoms with Gasteiger partial charge in [0, 0.05) is 10.8 Å². The van der Waals surface area contributed by atoms with Crippen molar-refractivity contribution in [3.63, 3.8) is 0 Å². The molecule has 4 nitrogen and oxygen atoms in total. The van der Waals surface area contributed by atoms with Gasteiger partial charge in [0.05, 0.1) is 21.7 Å². The predicted octanol–water partition coefficient (Wildman–Crippen LogP) is 5.84. The molecule has 3 aromatic carbocycles. The molecule has 1 amide bonds. The van der Waals surface area contributed by atoms with E-state index in [0.717, 1.165) is 27.4 Å². The Bertz CT molecular complexity index is 1300. The van der Waals surface area contributed by atoms with Crippen molar-refractivity contribution in [3.05, 3.63) is 89.3 Å². The van der Waals surface area contributed by atoms with E-state index in [-0.39, 0.29) is 17.6 Å². The third-order valence-electron chi connectivity index (χ3n) is 4.85. The number of thioether (sulfide) groups is 2. The molecule has 2 heterocycles. The fraction of sp³-hybridized carbons (Fsp3) is 0.0417. The third-order valence-corrected chi connectivity index (χ3v) is 6.96. The van der Waals surface area contributed by atoms with Crippen LogP contribution >= 0.6 is 23.5 Å². The topological polar surface area (TPSA) is 51.4 Å². The van der Waals surface area contributed by atoms with Crippen molar-refractivity contribution < 1.29 is 9.59 Å². The second-order valence-corrected chi connectivity index (χ2v) is 9.01. The summed E-state index contributed by atoms with van der Waals surface area (Å²) in [5, 5.41) is 2.12. The fourth-order valence-corrected chi connectivity index (χ4v) is 5.38. The first-order valence-corrected chi connectivity index (χ1v) is 11.2. The van der Waals surface area contributed by atoms with Gasteiger partial charge < -0.3 is 0 Å². The zero-order valence-corrected chi connectivity index (χ0v) is 17.5. The van der Waals surface area contributed by atoms with Gasteiger partial charge in [-0.2, -0.15) is 4.99 Å². The van der Waals surface area contributed by atoms with Gasteiger partial charge in [-0.3, -0.25) is 14.2 Å². The van der Waals surface area contributed by atoms with Gasteiger partial charge >= 0.3 is 0 Å². The minimum absolute atomic E-state index is 0.0337. The zero-order chi connectivity index (χ0) is 20.5. The van der Waals surface area contributed by atoms with Crippen molar-refractivity contribution in [3.8, 4) is 0 Å². The Morgan fingerprint density at radius 1 is 0.900 bits per heavy atom. The maximum Gasteiger partial charge on any atom is 0.285 e. The summed E-state index contributed by atoms with van der Waals surface area (Å²) in [5.74, 6) is -0.0790. The Kier molecular flexibility index (Phi) is 5.02. The van der Waals surface area contributed by atoms with Crippen LogP contribution in [0.25, 0.3) is 27.9 Å². The molecule has 1 aliphatic heterocycles. The number of benzene rings is 3. The summed E-state index contributed by atoms with van der Waals surface area (Å²) in [6.07, 6.45) is 1.83. The second-order valence-electron chi connectivity index (χ2n) is 6.76. The number of carbonyl (C=O) groups is 2. The largest absolute Gasteiger partial charge is 0.285 e. The van der Waals surface area contributed by atoms with Crippen LogP contribution in [-0.2, 0) is 4.79 Å². The summed E-state index contributed by atoms with van der Waals surface area (Å²) in [6, 6.07) is 25.5. The monoisotopic (exact) mass is 428 g/mol. The highest BCUT2D eigenvalue weighted by atomic mass is 32.2. The highest BCUT2D eigenvalue weighted by Crippen LogP contribution is 2.34. The highest BCUT2D eigenvalue weighted by Gasteiger charge is 2.24. The van der Waals surface area contributed by atoms with Gasteiger partial charge in [-0.25, -0.2) is 0 Å². The molecule has 0 aliphatic carbocycles. The van der Waals surface area contributed by atoms with Gasteiger partial charge in [-0.1, -0.05) is 90.3 Å². The molecule has 30 heavy (non-hydrogen) atoms. The molecule has 4 aromatic rings. The molecule has 0 bridgehead atoms. The minimum atomic E-state index is -0.254. The lowest BCUT2D eigenvalue weighted by atomic mass is 10.2. The van der Waals surface area contributed by atoms with E-state index in [0.29, 0.717) is 9.28 Å². The Balaban J connectivity index is 1.37. The molecule has 0 N–H and O–H groups in total. The average molecular weight is 429 g/mol. The van der Waals surface area contributed by atoms with Gasteiger partial charge in [0.25, 0.3) is 5.91 Å². The van der Waals surface area contributed by atoms with Crippen LogP contribution in [0.15, 0.2) is 88.8 Å². The van der Waals surface area contributed by atoms with Gasteiger partial charge in [-0.15, -0.1) is 0 Å². The number of fused-ring (bicyclic) bond motifs is 3. The maximum atomic E-state index is 13.1. The number of rotatable bonds is 3. The van der Waals surface area contributed by atoms with Crippen LogP contribution < -0.4 is 0 Å². The van der Waals surface area contributed by atoms with Gasteiger partial charge in [0.15, 0.2) is 0 Å². The number of para-hydroxylation sites is 2. The highest BCUT2D eigenvalue weighted by molar-refractivity contribution is 8.41. The van der Waals surface area contributed by atoms with Gasteiger partial charge in [0.1, 0.15) is 4.38 Å². The molecule has 5 rings (SSSR count). The molecule has 0 spiro atoms. The Morgan fingerprint density at radius 3 is 2.17 bits per heavy atom. The lowest BCUT2D eigenvalue weighted by molar-refractivity contribution is -0.113. The fourth-order valence-electron chi connectivity index (χ4n) is 3.53. The van der Waals surface area contributed by atoms with Crippen LogP contribution in [-0.4, -0.2) is 26.5 Å². The van der Waals surface area contributed by atoms with Crippen LogP contribution in [0.1, 0.15) is 10.4 Å². The maximum absolute atomic E-state index is 13.1. The SMILES string of the molecule is O=C1N=C(SCC(=O)n2c3ccccc3c3ccccc32)SC1=Cc1ccccc1. The minimum Gasteiger partial charge on any atom is -0.279 e. The van der Waals surface area contributed by atoms with Crippen molar-refractivity contribution in [1.82, 2.24) is 4.57 Å². The first-order chi connectivity index (χ1) is 14.7. The van der Waals surface area contributed by atoms with Crippen molar-refractivity contribution in [2.45, 2.75) is 0 Å². The number of aromatic nitrogens is 1. The molecule has 0 fully saturated rings. The average Bonchev–Trinajstić information content (AvgIpc) is 3.30. The summed E-state index contributed by atoms with van der Waals surface area (Å²) >= 11 is 2.63. The number of hydrogen-bond acceptors (Lipinski definition) is 4. The van der Waals surface area contributed by atoms with Gasteiger partial charge in [0.2, 0.25) is 5.91 Å². The first-order valence-electron chi connectivity index (χ1n) is 9.42. The molecule has 6 heteroatoms. The van der Waals surface area contributed by atoms with Crippen molar-refractivity contribution in [2.24, 2.45) is 4.99 Å². The van der Waals surface area contributed by atoms with E-state index in [1.807, 2.05) is 84.9 Å². The Hall–Kier alpha value is -3.09. The Morgan fingerprint density at radius 2 is 1.50 bits per heavy atom. The molecular weight excluding hydrogens is 412 g/mol. The summed E-state index contributed by atoms with van der Waals surface area (Å²) < 4.78 is 2.37. The van der Waals surface area contributed by atoms with E-state index in [1.165, 1.54) is 23.5 Å². The number of hydrogen-bond donors (Lipinski definition) is 0. The molecular formula is C24H16N2O2S2. The van der Waals surface area contributed by atoms with Crippen molar-refractivity contribution in [1.29, 1.82) is 0 Å². The number of amides is 1. The van der Waals surface area contributed by atoms with Crippen molar-refractivity contribution in [2.75, 3.05) is 5.75 Å². The van der Waals surface area contributed by atoms with E-state index in [1.54, 1.807) is 4.57 Å². The molecule has 0 atom stereocenters. The van der Waals surface area contributed by atoms with E-state index >= 15 is 0 Å². The molecule has 0 saturated heterocycles. The summed E-state index contributed by atoms with van der Waals surface area (Å²) in [4.78, 5) is 30.0. The number of carbonyl (C=O) groups excluding carboxylic acids is 2. The van der Waals surface area contributed by atoms with Crippen LogP contribution in [0.3, 0.4) is 0 Å². The summed E-state index contributed by atoms with van der Waals surface area (Å²) in [6.45, 7) is 0. The second kappa shape index (κ2) is 7.97. The summed E-state index contributed by atoms with van der Waals surface area (Å²) in [7, 11) is 0. The Labute approximate surface area is 181 Å². The zero-order valence-electron chi connectivity index (χ0n) is 15.8. The number of aliphatic imine (C=N–C) groups is 1. The smallest absolute Gasteiger partial charge is 0.279 e. The number of nitrogens with zero attached hydrogens (tertiary/aromatic N) is 2. The van der Waals surface area contributed by atoms with Crippen LogP contribution in [0.4, 0.5) is 0 Å². The summed E-state index contributed by atoms with van der Waals surface area (Å²) in [5.41, 5.74) is 2.74. The van der Waals surface area contributed by atoms with Crippen LogP contribution in [0, 0.1) is 0 Å². The molecule has 146 valence electrons. The van der Waals surface area contributed by atoms with E-state index in [2.05, 4.69) is 4.99 Å². The van der Waals surface area contributed by atoms with E-state index in [9.17, 15) is 9.59 Å². The lowest BCUT2D eigenvalue weighted by Gasteiger charge is -2.05. The molecule has 0 unspecified atom stereocenters. The van der Waals surface area contributed by atoms with Crippen molar-refractivity contribution >= 4 is 67.6 Å².